The van der Waals surface area contributed by atoms with Crippen molar-refractivity contribution in [2.75, 3.05) is 4.43 Å². The summed E-state index contributed by atoms with van der Waals surface area (Å²) in [5, 5.41) is 11.0. The minimum atomic E-state index is -0.369. The molecule has 132 valence electrons. The zero-order valence-corrected chi connectivity index (χ0v) is 16.5. The average molecular weight is 442 g/mol. The third-order valence-corrected chi connectivity index (χ3v) is 8.85. The highest BCUT2D eigenvalue weighted by Gasteiger charge is 2.61. The van der Waals surface area contributed by atoms with Crippen LogP contribution in [0.4, 0.5) is 0 Å². The van der Waals surface area contributed by atoms with Crippen LogP contribution < -0.4 is 0 Å². The van der Waals surface area contributed by atoms with Crippen LogP contribution in [0, 0.1) is 28.6 Å². The molecule has 3 saturated carbocycles. The van der Waals surface area contributed by atoms with Gasteiger partial charge in [0.2, 0.25) is 0 Å². The van der Waals surface area contributed by atoms with Crippen LogP contribution in [0.5, 0.6) is 0 Å². The molecule has 24 heavy (non-hydrogen) atoms. The predicted octanol–water partition coefficient (Wildman–Crippen LogP) is 3.86. The van der Waals surface area contributed by atoms with Gasteiger partial charge >= 0.3 is 0 Å². The fraction of sp³-hybridized carbons (Fsp3) is 0.800. The van der Waals surface area contributed by atoms with Gasteiger partial charge in [0.25, 0.3) is 0 Å². The van der Waals surface area contributed by atoms with Crippen molar-refractivity contribution in [3.8, 4) is 0 Å². The van der Waals surface area contributed by atoms with E-state index in [0.717, 1.165) is 44.9 Å². The topological polar surface area (TPSA) is 54.4 Å². The summed E-state index contributed by atoms with van der Waals surface area (Å²) < 4.78 is 0.716. The zero-order chi connectivity index (χ0) is 17.1. The second kappa shape index (κ2) is 5.90. The number of aliphatic hydroxyl groups is 1. The molecule has 6 atom stereocenters. The molecule has 0 unspecified atom stereocenters. The molecule has 0 radical (unpaired) electrons. The molecule has 0 aromatic heterocycles. The number of ketones is 2. The molecule has 0 amide bonds. The molecule has 0 heterocycles. The van der Waals surface area contributed by atoms with Crippen molar-refractivity contribution >= 4 is 34.2 Å². The fourth-order valence-corrected chi connectivity index (χ4v) is 7.59. The average Bonchev–Trinajstić information content (AvgIpc) is 2.89. The lowest BCUT2D eigenvalue weighted by atomic mass is 9.46. The molecule has 3 fully saturated rings. The Balaban J connectivity index is 1.76. The number of halogens is 1. The van der Waals surface area contributed by atoms with Crippen molar-refractivity contribution in [1.82, 2.24) is 0 Å². The second-order valence-corrected chi connectivity index (χ2v) is 9.56. The fourth-order valence-electron chi connectivity index (χ4n) is 6.81. The summed E-state index contributed by atoms with van der Waals surface area (Å²) in [6.07, 6.45) is 8.67. The number of Topliss-reactive ketones (excluding diaryl/α,β-unsaturated/α-hetero) is 1. The van der Waals surface area contributed by atoms with Crippen LogP contribution in [-0.2, 0) is 9.59 Å². The minimum absolute atomic E-state index is 0.122. The van der Waals surface area contributed by atoms with Gasteiger partial charge in [-0.15, -0.1) is 0 Å². The maximum atomic E-state index is 12.5. The van der Waals surface area contributed by atoms with E-state index in [1.165, 1.54) is 5.57 Å². The van der Waals surface area contributed by atoms with Crippen molar-refractivity contribution < 1.29 is 14.7 Å². The number of rotatable bonds is 2. The standard InChI is InChI=1S/C20H27IO3/c1-19-8-7-16-14(15(19)4-5-17(19)23)3-2-12-10-13(22)6-9-20(12,16)18(24)11-21/h10,14-16,18,24H,2-9,11H2,1H3/t14-,15-,16-,18-,19-,20+/m0/s1. The van der Waals surface area contributed by atoms with E-state index in [1.54, 1.807) is 0 Å². The lowest BCUT2D eigenvalue weighted by molar-refractivity contribution is -0.136. The van der Waals surface area contributed by atoms with E-state index in [-0.39, 0.29) is 22.7 Å². The Morgan fingerprint density at radius 2 is 1.96 bits per heavy atom. The summed E-state index contributed by atoms with van der Waals surface area (Å²) in [6.45, 7) is 2.19. The number of carbonyl (C=O) groups is 2. The maximum Gasteiger partial charge on any atom is 0.155 e. The highest BCUT2D eigenvalue weighted by atomic mass is 127. The lowest BCUT2D eigenvalue weighted by Crippen LogP contribution is -2.56. The highest BCUT2D eigenvalue weighted by Crippen LogP contribution is 2.65. The Hall–Kier alpha value is -0.230. The van der Waals surface area contributed by atoms with E-state index >= 15 is 0 Å². The van der Waals surface area contributed by atoms with E-state index in [4.69, 9.17) is 0 Å². The zero-order valence-electron chi connectivity index (χ0n) is 14.4. The summed E-state index contributed by atoms with van der Waals surface area (Å²) in [5.41, 5.74) is 0.894. The Labute approximate surface area is 157 Å². The molecule has 4 rings (SSSR count). The number of carbonyl (C=O) groups excluding carboxylic acids is 2. The molecule has 0 aliphatic heterocycles. The van der Waals surface area contributed by atoms with Crippen LogP contribution >= 0.6 is 22.6 Å². The third kappa shape index (κ3) is 2.17. The van der Waals surface area contributed by atoms with E-state index in [0.29, 0.717) is 34.4 Å². The molecule has 0 aromatic carbocycles. The summed E-state index contributed by atoms with van der Waals surface area (Å²) in [5.74, 6) is 2.17. The minimum Gasteiger partial charge on any atom is -0.391 e. The first kappa shape index (κ1) is 17.2. The van der Waals surface area contributed by atoms with Gasteiger partial charge < -0.3 is 5.11 Å². The molecule has 4 aliphatic rings. The van der Waals surface area contributed by atoms with Crippen LogP contribution in [0.25, 0.3) is 0 Å². The monoisotopic (exact) mass is 442 g/mol. The van der Waals surface area contributed by atoms with Gasteiger partial charge in [-0.2, -0.15) is 0 Å². The molecule has 0 spiro atoms. The predicted molar refractivity (Wildman–Crippen MR) is 101 cm³/mol. The molecule has 0 saturated heterocycles. The smallest absolute Gasteiger partial charge is 0.155 e. The summed E-state index contributed by atoms with van der Waals surface area (Å²) >= 11 is 2.29. The highest BCUT2D eigenvalue weighted by molar-refractivity contribution is 14.1. The first-order valence-corrected chi connectivity index (χ1v) is 11.0. The third-order valence-electron chi connectivity index (χ3n) is 8.01. The maximum absolute atomic E-state index is 12.5. The van der Waals surface area contributed by atoms with Gasteiger partial charge in [0.1, 0.15) is 5.78 Å². The summed E-state index contributed by atoms with van der Waals surface area (Å²) in [4.78, 5) is 24.5. The van der Waals surface area contributed by atoms with Gasteiger partial charge in [-0.05, 0) is 62.4 Å². The second-order valence-electron chi connectivity index (χ2n) is 8.68. The van der Waals surface area contributed by atoms with Crippen molar-refractivity contribution in [2.45, 2.75) is 64.4 Å². The molecule has 0 aromatic rings. The number of hydrogen-bond acceptors (Lipinski definition) is 3. The summed E-state index contributed by atoms with van der Waals surface area (Å²) in [6, 6.07) is 0. The van der Waals surface area contributed by atoms with Gasteiger partial charge in [0, 0.05) is 28.1 Å². The van der Waals surface area contributed by atoms with Gasteiger partial charge in [-0.3, -0.25) is 9.59 Å². The molecular weight excluding hydrogens is 415 g/mol. The first-order chi connectivity index (χ1) is 11.4. The molecule has 4 heteroatoms. The van der Waals surface area contributed by atoms with Crippen molar-refractivity contribution in [3.05, 3.63) is 11.6 Å². The number of alkyl halides is 1. The van der Waals surface area contributed by atoms with Crippen LogP contribution in [-0.4, -0.2) is 27.2 Å². The summed E-state index contributed by atoms with van der Waals surface area (Å²) in [7, 11) is 0. The van der Waals surface area contributed by atoms with Gasteiger partial charge in [0.05, 0.1) is 6.10 Å². The molecule has 1 N–H and O–H groups in total. The SMILES string of the molecule is C[C@]12CC[C@H]3[C@@H](CCC4=CC(=O)CC[C@@]43[C@@H](O)CI)[C@@H]1CCC2=O. The van der Waals surface area contributed by atoms with Gasteiger partial charge in [-0.1, -0.05) is 35.1 Å². The van der Waals surface area contributed by atoms with E-state index in [1.807, 2.05) is 6.08 Å². The van der Waals surface area contributed by atoms with E-state index in [2.05, 4.69) is 29.5 Å². The Bertz CT molecular complexity index is 612. The molecular formula is C20H27IO3. The van der Waals surface area contributed by atoms with E-state index < -0.39 is 0 Å². The number of aliphatic hydroxyl groups excluding tert-OH is 1. The van der Waals surface area contributed by atoms with E-state index in [9.17, 15) is 14.7 Å². The largest absolute Gasteiger partial charge is 0.391 e. The van der Waals surface area contributed by atoms with Gasteiger partial charge in [-0.25, -0.2) is 0 Å². The number of fused-ring (bicyclic) bond motifs is 5. The molecule has 4 aliphatic carbocycles. The van der Waals surface area contributed by atoms with Crippen molar-refractivity contribution in [2.24, 2.45) is 28.6 Å². The Morgan fingerprint density at radius 3 is 2.71 bits per heavy atom. The van der Waals surface area contributed by atoms with Crippen LogP contribution in [0.2, 0.25) is 0 Å². The Morgan fingerprint density at radius 1 is 1.17 bits per heavy atom. The van der Waals surface area contributed by atoms with Crippen molar-refractivity contribution in [3.63, 3.8) is 0 Å². The van der Waals surface area contributed by atoms with Crippen LogP contribution in [0.15, 0.2) is 11.6 Å². The van der Waals surface area contributed by atoms with Crippen LogP contribution in [0.3, 0.4) is 0 Å². The van der Waals surface area contributed by atoms with Crippen molar-refractivity contribution in [1.29, 1.82) is 0 Å². The quantitative estimate of drug-likeness (QED) is 0.522. The molecule has 0 bridgehead atoms. The lowest BCUT2D eigenvalue weighted by Gasteiger charge is -2.59. The Kier molecular flexibility index (Phi) is 4.23. The normalized spacial score (nSPS) is 46.0. The first-order valence-electron chi connectivity index (χ1n) is 9.44. The molecule has 3 nitrogen and oxygen atoms in total. The van der Waals surface area contributed by atoms with Crippen LogP contribution in [0.1, 0.15) is 58.3 Å². The van der Waals surface area contributed by atoms with Gasteiger partial charge in [0.15, 0.2) is 5.78 Å². The number of hydrogen-bond donors (Lipinski definition) is 1.